The SMILES string of the molecule is CCOc1cc(C=O)ccc1OCCOC(C)C. The highest BCUT2D eigenvalue weighted by atomic mass is 16.5. The van der Waals surface area contributed by atoms with Gasteiger partial charge < -0.3 is 14.2 Å². The minimum absolute atomic E-state index is 0.192. The Morgan fingerprint density at radius 2 is 1.94 bits per heavy atom. The number of hydrogen-bond donors (Lipinski definition) is 0. The van der Waals surface area contributed by atoms with E-state index >= 15 is 0 Å². The molecule has 0 aromatic heterocycles. The second-order valence-corrected chi connectivity index (χ2v) is 4.03. The number of carbonyl (C=O) groups is 1. The first-order valence-electron chi connectivity index (χ1n) is 6.13. The van der Waals surface area contributed by atoms with E-state index in [1.165, 1.54) is 0 Å². The molecule has 0 unspecified atom stereocenters. The molecule has 4 heteroatoms. The van der Waals surface area contributed by atoms with E-state index in [0.717, 1.165) is 6.29 Å². The van der Waals surface area contributed by atoms with Crippen LogP contribution in [0.5, 0.6) is 11.5 Å². The van der Waals surface area contributed by atoms with Gasteiger partial charge in [-0.2, -0.15) is 0 Å². The van der Waals surface area contributed by atoms with E-state index in [0.29, 0.717) is 36.9 Å². The molecule has 0 N–H and O–H groups in total. The van der Waals surface area contributed by atoms with E-state index in [2.05, 4.69) is 0 Å². The van der Waals surface area contributed by atoms with Gasteiger partial charge in [-0.15, -0.1) is 0 Å². The normalized spacial score (nSPS) is 10.4. The minimum Gasteiger partial charge on any atom is -0.490 e. The molecule has 0 spiro atoms. The van der Waals surface area contributed by atoms with Crippen molar-refractivity contribution in [1.82, 2.24) is 0 Å². The maximum atomic E-state index is 10.7. The molecule has 0 aliphatic carbocycles. The van der Waals surface area contributed by atoms with Gasteiger partial charge in [0.15, 0.2) is 11.5 Å². The molecule has 0 heterocycles. The van der Waals surface area contributed by atoms with E-state index in [1.807, 2.05) is 20.8 Å². The summed E-state index contributed by atoms with van der Waals surface area (Å²) in [6, 6.07) is 5.12. The molecule has 0 bridgehead atoms. The highest BCUT2D eigenvalue weighted by Crippen LogP contribution is 2.27. The van der Waals surface area contributed by atoms with Gasteiger partial charge in [0.1, 0.15) is 12.9 Å². The lowest BCUT2D eigenvalue weighted by atomic mass is 10.2. The van der Waals surface area contributed by atoms with Crippen LogP contribution in [0, 0.1) is 0 Å². The average Bonchev–Trinajstić information content (AvgIpc) is 2.36. The molecule has 100 valence electrons. The topological polar surface area (TPSA) is 44.8 Å². The van der Waals surface area contributed by atoms with E-state index in [1.54, 1.807) is 18.2 Å². The van der Waals surface area contributed by atoms with Crippen LogP contribution >= 0.6 is 0 Å². The molecule has 0 aliphatic heterocycles. The van der Waals surface area contributed by atoms with Gasteiger partial charge in [-0.1, -0.05) is 0 Å². The molecule has 0 radical (unpaired) electrons. The summed E-state index contributed by atoms with van der Waals surface area (Å²) >= 11 is 0. The predicted molar refractivity (Wildman–Crippen MR) is 69.6 cm³/mol. The van der Waals surface area contributed by atoms with Crippen LogP contribution in [0.4, 0.5) is 0 Å². The third kappa shape index (κ3) is 4.75. The standard InChI is InChI=1S/C14H20O4/c1-4-16-14-9-12(10-15)5-6-13(14)18-8-7-17-11(2)3/h5-6,9-11H,4,7-8H2,1-3H3. The Morgan fingerprint density at radius 3 is 2.56 bits per heavy atom. The molecule has 18 heavy (non-hydrogen) atoms. The maximum Gasteiger partial charge on any atom is 0.161 e. The molecule has 1 aromatic carbocycles. The predicted octanol–water partition coefficient (Wildman–Crippen LogP) is 2.70. The summed E-state index contributed by atoms with van der Waals surface area (Å²) in [5.41, 5.74) is 0.573. The van der Waals surface area contributed by atoms with E-state index in [4.69, 9.17) is 14.2 Å². The Bertz CT molecular complexity index is 374. The van der Waals surface area contributed by atoms with Gasteiger partial charge in [-0.05, 0) is 39.0 Å². The van der Waals surface area contributed by atoms with Crippen molar-refractivity contribution in [3.63, 3.8) is 0 Å². The van der Waals surface area contributed by atoms with Crippen molar-refractivity contribution < 1.29 is 19.0 Å². The summed E-state index contributed by atoms with van der Waals surface area (Å²) < 4.78 is 16.4. The Hall–Kier alpha value is -1.55. The number of rotatable bonds is 8. The second kappa shape index (κ2) is 7.71. The molecule has 0 saturated carbocycles. The number of aldehydes is 1. The maximum absolute atomic E-state index is 10.7. The Morgan fingerprint density at radius 1 is 1.17 bits per heavy atom. The van der Waals surface area contributed by atoms with Gasteiger partial charge in [-0.3, -0.25) is 4.79 Å². The smallest absolute Gasteiger partial charge is 0.161 e. The van der Waals surface area contributed by atoms with Crippen LogP contribution in [0.1, 0.15) is 31.1 Å². The van der Waals surface area contributed by atoms with Crippen molar-refractivity contribution >= 4 is 6.29 Å². The number of carbonyl (C=O) groups excluding carboxylic acids is 1. The van der Waals surface area contributed by atoms with Crippen molar-refractivity contribution in [2.24, 2.45) is 0 Å². The monoisotopic (exact) mass is 252 g/mol. The molecule has 4 nitrogen and oxygen atoms in total. The quantitative estimate of drug-likeness (QED) is 0.527. The average molecular weight is 252 g/mol. The lowest BCUT2D eigenvalue weighted by Gasteiger charge is -2.13. The second-order valence-electron chi connectivity index (χ2n) is 4.03. The fourth-order valence-corrected chi connectivity index (χ4v) is 1.42. The van der Waals surface area contributed by atoms with Crippen LogP contribution in [-0.4, -0.2) is 32.2 Å². The summed E-state index contributed by atoms with van der Waals surface area (Å²) in [7, 11) is 0. The Labute approximate surface area is 108 Å². The zero-order valence-electron chi connectivity index (χ0n) is 11.1. The Balaban J connectivity index is 2.60. The molecule has 0 atom stereocenters. The Kier molecular flexibility index (Phi) is 6.22. The summed E-state index contributed by atoms with van der Waals surface area (Å²) in [5.74, 6) is 1.22. The zero-order valence-corrected chi connectivity index (χ0v) is 11.1. The van der Waals surface area contributed by atoms with Crippen LogP contribution < -0.4 is 9.47 Å². The van der Waals surface area contributed by atoms with Crippen LogP contribution in [-0.2, 0) is 4.74 Å². The van der Waals surface area contributed by atoms with E-state index in [9.17, 15) is 4.79 Å². The van der Waals surface area contributed by atoms with Gasteiger partial charge >= 0.3 is 0 Å². The van der Waals surface area contributed by atoms with Gasteiger partial charge in [0.05, 0.1) is 19.3 Å². The largest absolute Gasteiger partial charge is 0.490 e. The van der Waals surface area contributed by atoms with Gasteiger partial charge in [0.25, 0.3) is 0 Å². The van der Waals surface area contributed by atoms with Crippen molar-refractivity contribution in [1.29, 1.82) is 0 Å². The molecular formula is C14H20O4. The van der Waals surface area contributed by atoms with Crippen LogP contribution in [0.3, 0.4) is 0 Å². The fourth-order valence-electron chi connectivity index (χ4n) is 1.42. The summed E-state index contributed by atoms with van der Waals surface area (Å²) in [5, 5.41) is 0. The summed E-state index contributed by atoms with van der Waals surface area (Å²) in [6.07, 6.45) is 0.978. The lowest BCUT2D eigenvalue weighted by molar-refractivity contribution is 0.0545. The lowest BCUT2D eigenvalue weighted by Crippen LogP contribution is -2.11. The third-order valence-electron chi connectivity index (χ3n) is 2.20. The molecule has 0 fully saturated rings. The van der Waals surface area contributed by atoms with Crippen molar-refractivity contribution in [3.05, 3.63) is 23.8 Å². The van der Waals surface area contributed by atoms with E-state index < -0.39 is 0 Å². The van der Waals surface area contributed by atoms with Crippen LogP contribution in [0.25, 0.3) is 0 Å². The minimum atomic E-state index is 0.192. The molecular weight excluding hydrogens is 232 g/mol. The first kappa shape index (κ1) is 14.5. The van der Waals surface area contributed by atoms with Crippen LogP contribution in [0.15, 0.2) is 18.2 Å². The highest BCUT2D eigenvalue weighted by molar-refractivity contribution is 5.76. The van der Waals surface area contributed by atoms with Crippen molar-refractivity contribution in [2.75, 3.05) is 19.8 Å². The molecule has 0 saturated heterocycles. The molecule has 0 amide bonds. The number of ether oxygens (including phenoxy) is 3. The van der Waals surface area contributed by atoms with Crippen LogP contribution in [0.2, 0.25) is 0 Å². The molecule has 1 rings (SSSR count). The third-order valence-corrected chi connectivity index (χ3v) is 2.20. The van der Waals surface area contributed by atoms with Gasteiger partial charge in [0, 0.05) is 5.56 Å². The van der Waals surface area contributed by atoms with Crippen molar-refractivity contribution in [3.8, 4) is 11.5 Å². The molecule has 0 aliphatic rings. The first-order chi connectivity index (χ1) is 8.67. The first-order valence-corrected chi connectivity index (χ1v) is 6.13. The highest BCUT2D eigenvalue weighted by Gasteiger charge is 2.06. The number of benzene rings is 1. The fraction of sp³-hybridized carbons (Fsp3) is 0.500. The zero-order chi connectivity index (χ0) is 13.4. The summed E-state index contributed by atoms with van der Waals surface area (Å²) in [4.78, 5) is 10.7. The molecule has 1 aromatic rings. The number of hydrogen-bond acceptors (Lipinski definition) is 4. The van der Waals surface area contributed by atoms with Gasteiger partial charge in [-0.25, -0.2) is 0 Å². The summed E-state index contributed by atoms with van der Waals surface area (Å²) in [6.45, 7) is 7.35. The van der Waals surface area contributed by atoms with Crippen molar-refractivity contribution in [2.45, 2.75) is 26.9 Å². The van der Waals surface area contributed by atoms with E-state index in [-0.39, 0.29) is 6.10 Å². The van der Waals surface area contributed by atoms with Gasteiger partial charge in [0.2, 0.25) is 0 Å².